The van der Waals surface area contributed by atoms with E-state index in [2.05, 4.69) is 28.9 Å². The fraction of sp³-hybridized carbons (Fsp3) is 0.315. The number of aldehydes is 1. The van der Waals surface area contributed by atoms with E-state index in [0.717, 1.165) is 61.7 Å². The predicted molar refractivity (Wildman–Crippen MR) is 267 cm³/mol. The van der Waals surface area contributed by atoms with Gasteiger partial charge in [-0.25, -0.2) is 16.2 Å². The molecular weight excluding hydrogens is 1130 g/mol. The number of nitrogens with one attached hydrogen (secondary N) is 1. The molecule has 13 nitrogen and oxygen atoms in total. The molecule has 0 atom stereocenters. The second kappa shape index (κ2) is 37.2. The first-order valence-electron chi connectivity index (χ1n) is 21.9. The van der Waals surface area contributed by atoms with Crippen LogP contribution in [0.15, 0.2) is 115 Å². The van der Waals surface area contributed by atoms with Gasteiger partial charge < -0.3 is 45.7 Å². The van der Waals surface area contributed by atoms with E-state index in [1.54, 1.807) is 12.1 Å². The Bertz CT molecular complexity index is 2580. The van der Waals surface area contributed by atoms with Crippen LogP contribution in [0.1, 0.15) is 56.0 Å². The van der Waals surface area contributed by atoms with E-state index in [1.165, 1.54) is 39.3 Å². The number of piperidine rings is 1. The third kappa shape index (κ3) is 20.4. The zero-order chi connectivity index (χ0) is 47.9. The molecule has 0 saturated carbocycles. The molecule has 4 aromatic carbocycles. The second-order valence-electron chi connectivity index (χ2n) is 14.3. The summed E-state index contributed by atoms with van der Waals surface area (Å²) in [5.41, 5.74) is 7.66. The molecule has 0 spiro atoms. The van der Waals surface area contributed by atoms with Gasteiger partial charge in [0.15, 0.2) is 6.29 Å². The van der Waals surface area contributed by atoms with E-state index in [-0.39, 0.29) is 82.6 Å². The molecule has 1 N–H and O–H groups in total. The first-order chi connectivity index (χ1) is 32.2. The average molecular weight is 1200 g/mol. The van der Waals surface area contributed by atoms with Crippen molar-refractivity contribution in [3.05, 3.63) is 156 Å². The third-order valence-corrected chi connectivity index (χ3v) is 9.89. The van der Waals surface area contributed by atoms with Crippen molar-refractivity contribution >= 4 is 46.1 Å². The Kier molecular flexibility index (Phi) is 34.1. The summed E-state index contributed by atoms with van der Waals surface area (Å²) in [6, 6.07) is 37.6. The van der Waals surface area contributed by atoms with Crippen LogP contribution in [0, 0.1) is 63.0 Å². The summed E-state index contributed by atoms with van der Waals surface area (Å²) in [6.07, 6.45) is 6.79. The van der Waals surface area contributed by atoms with E-state index in [1.807, 2.05) is 137 Å². The minimum absolute atomic E-state index is 0. The largest absolute Gasteiger partial charge is 0.468 e. The molecule has 7 rings (SSSR count). The molecule has 1 aliphatic rings. The maximum Gasteiger partial charge on any atom is 0.387 e. The van der Waals surface area contributed by atoms with Crippen molar-refractivity contribution in [3.8, 4) is 28.6 Å². The van der Waals surface area contributed by atoms with Crippen molar-refractivity contribution in [1.82, 2.24) is 14.5 Å². The zero-order valence-electron chi connectivity index (χ0n) is 40.6. The number of para-hydroxylation sites is 2. The number of aromatic nitrogens is 2. The van der Waals surface area contributed by atoms with Crippen molar-refractivity contribution in [1.29, 1.82) is 5.26 Å². The van der Waals surface area contributed by atoms with Crippen molar-refractivity contribution in [2.75, 3.05) is 59.3 Å². The van der Waals surface area contributed by atoms with Gasteiger partial charge in [-0.2, -0.15) is 5.26 Å². The molecule has 1 saturated heterocycles. The fourth-order valence-electron chi connectivity index (χ4n) is 6.96. The second-order valence-corrected chi connectivity index (χ2v) is 14.3. The van der Waals surface area contributed by atoms with Crippen LogP contribution in [0.4, 0.5) is 0 Å². The van der Waals surface area contributed by atoms with E-state index in [4.69, 9.17) is 32.6 Å². The predicted octanol–water partition coefficient (Wildman–Crippen LogP) is 10.6. The van der Waals surface area contributed by atoms with Gasteiger partial charge in [0.2, 0.25) is 0 Å². The Morgan fingerprint density at radius 2 is 1.14 bits per heavy atom. The summed E-state index contributed by atoms with van der Waals surface area (Å²) in [6.45, 7) is 23.5. The maximum absolute atomic E-state index is 12.4. The number of hydrogen-bond donors (Lipinski definition) is 1. The Balaban J connectivity index is 0.000000967. The van der Waals surface area contributed by atoms with Crippen LogP contribution in [0.25, 0.3) is 60.1 Å². The molecule has 2 aromatic heterocycles. The summed E-state index contributed by atoms with van der Waals surface area (Å²) in [7, 11) is 3.98. The number of aryl methyl sites for hydroxylation is 2. The molecule has 69 heavy (non-hydrogen) atoms. The average Bonchev–Trinajstić information content (AvgIpc) is 3.81. The van der Waals surface area contributed by atoms with Crippen LogP contribution in [-0.4, -0.2) is 86.6 Å². The molecule has 361 valence electrons. The Labute approximate surface area is 444 Å². The van der Waals surface area contributed by atoms with Crippen molar-refractivity contribution < 1.29 is 83.0 Å². The first kappa shape index (κ1) is 63.3. The van der Waals surface area contributed by atoms with E-state index in [0.29, 0.717) is 26.4 Å². The molecule has 0 amide bonds. The third-order valence-electron chi connectivity index (χ3n) is 9.89. The van der Waals surface area contributed by atoms with E-state index >= 15 is 0 Å². The summed E-state index contributed by atoms with van der Waals surface area (Å²) < 4.78 is 24.0. The van der Waals surface area contributed by atoms with Gasteiger partial charge in [0.1, 0.15) is 13.2 Å². The van der Waals surface area contributed by atoms with Crippen LogP contribution >= 0.6 is 0 Å². The Morgan fingerprint density at radius 1 is 0.710 bits per heavy atom. The van der Waals surface area contributed by atoms with Gasteiger partial charge >= 0.3 is 18.5 Å². The SMILES string of the molecule is C1CCNCC1.CC#N.Cn1c(-c2ccccc2)c(C=O)c2ccccc21.[C-]#[N+]/C(=C\c1c(-c2ccccc2)n(C)c2ccccc12)C(=O)OCCOCC.[C-]#[N+]CC(=O)OCCOCC.[CH3-].[U].[V]. The monoisotopic (exact) mass is 1200 g/mol. The molecule has 0 bridgehead atoms. The van der Waals surface area contributed by atoms with Crippen LogP contribution in [0.5, 0.6) is 0 Å². The van der Waals surface area contributed by atoms with Gasteiger partial charge in [-0.05, 0) is 74.7 Å². The van der Waals surface area contributed by atoms with Crippen LogP contribution < -0.4 is 5.32 Å². The maximum atomic E-state index is 12.4. The first-order valence-corrected chi connectivity index (χ1v) is 21.9. The van der Waals surface area contributed by atoms with Gasteiger partial charge in [-0.3, -0.25) is 9.59 Å². The molecule has 6 aromatic rings. The number of rotatable bonds is 14. The molecular formula is C54H63N6O7UV-. The van der Waals surface area contributed by atoms with Crippen LogP contribution in [0.3, 0.4) is 0 Å². The van der Waals surface area contributed by atoms with Crippen molar-refractivity contribution in [2.45, 2.75) is 40.0 Å². The van der Waals surface area contributed by atoms with Crippen molar-refractivity contribution in [3.63, 3.8) is 0 Å². The van der Waals surface area contributed by atoms with Gasteiger partial charge in [0.25, 0.3) is 5.70 Å². The molecule has 0 unspecified atom stereocenters. The van der Waals surface area contributed by atoms with E-state index < -0.39 is 11.9 Å². The topological polar surface area (TPSA) is 143 Å². The fourth-order valence-corrected chi connectivity index (χ4v) is 6.96. The van der Waals surface area contributed by atoms with Gasteiger partial charge in [0.05, 0.1) is 37.2 Å². The minimum atomic E-state index is -0.637. The number of hydrogen-bond acceptors (Lipinski definition) is 9. The number of nitriles is 1. The molecule has 3 heterocycles. The number of fused-ring (bicyclic) bond motifs is 2. The van der Waals surface area contributed by atoms with Gasteiger partial charge in [-0.1, -0.05) is 103 Å². The molecule has 15 heteroatoms. The van der Waals surface area contributed by atoms with Gasteiger partial charge in [0, 0.05) is 111 Å². The van der Waals surface area contributed by atoms with Crippen LogP contribution in [0.2, 0.25) is 0 Å². The number of nitrogens with zero attached hydrogens (tertiary/aromatic N) is 5. The minimum Gasteiger partial charge on any atom is -0.468 e. The number of carbonyl (C=O) groups excluding carboxylic acids is 3. The quantitative estimate of drug-likeness (QED) is 0.0371. The summed E-state index contributed by atoms with van der Waals surface area (Å²) in [5.74, 6) is -1.12. The standard InChI is InChI=1S/C23H22N2O3.C16H13NO.C7H11NO3.C5H11N.C2H3N.CH3.U.V/c1-4-27-14-15-28-23(26)20(24-2)16-19-18-12-8-9-13-21(18)25(3)22(19)17-10-6-5-7-11-17;1-17-15-10-6-5-9-13(15)14(11-18)16(17)12-7-3-2-4-8-12;1-3-10-4-5-11-7(9)6-8-2;1-2-4-6-5-3-1;1-2-3;;;/h5-13,16H,4,14-15H2,1,3H3;2-11H,1H3;3-6H2,1H3;6H,1-5H2;1H3;1H3;;/q;;;;;-1;;/b20-16-;;;;;;;. The van der Waals surface area contributed by atoms with Crippen molar-refractivity contribution in [2.24, 2.45) is 14.1 Å². The number of ether oxygens (including phenoxy) is 4. The smallest absolute Gasteiger partial charge is 0.387 e. The molecule has 0 aliphatic carbocycles. The van der Waals surface area contributed by atoms with Crippen LogP contribution in [-0.2, 0) is 61.2 Å². The summed E-state index contributed by atoms with van der Waals surface area (Å²) in [4.78, 5) is 40.6. The van der Waals surface area contributed by atoms with Gasteiger partial charge in [-0.15, -0.1) is 0 Å². The number of carbonyl (C=O) groups is 3. The number of benzene rings is 4. The summed E-state index contributed by atoms with van der Waals surface area (Å²) in [5, 5.41) is 12.6. The molecule has 1 fully saturated rings. The number of esters is 2. The Hall–Kier alpha value is -5.70. The normalized spacial score (nSPS) is 11.0. The summed E-state index contributed by atoms with van der Waals surface area (Å²) >= 11 is 0. The Morgan fingerprint density at radius 3 is 1.55 bits per heavy atom. The zero-order valence-corrected chi connectivity index (χ0v) is 46.1. The molecule has 1 aliphatic heterocycles. The molecule has 1 radical (unpaired) electrons. The van der Waals surface area contributed by atoms with E-state index in [9.17, 15) is 14.4 Å².